The molecule has 0 aliphatic carbocycles. The van der Waals surface area contributed by atoms with Gasteiger partial charge in [-0.2, -0.15) is 0 Å². The highest BCUT2D eigenvalue weighted by Gasteiger charge is 2.17. The number of aromatic carboxylic acids is 1. The zero-order chi connectivity index (χ0) is 20.1. The first-order chi connectivity index (χ1) is 13.5. The second-order valence-electron chi connectivity index (χ2n) is 6.40. The van der Waals surface area contributed by atoms with Crippen LogP contribution in [0.2, 0.25) is 0 Å². The molecule has 0 saturated heterocycles. The molecule has 28 heavy (non-hydrogen) atoms. The molecule has 3 N–H and O–H groups in total. The molecule has 6 nitrogen and oxygen atoms in total. The molecule has 0 heterocycles. The molecular formula is C22H20N2O4. The first-order valence-corrected chi connectivity index (χ1v) is 8.65. The van der Waals surface area contributed by atoms with Gasteiger partial charge in [0.05, 0.1) is 16.9 Å². The Labute approximate surface area is 162 Å². The molecule has 0 aromatic heterocycles. The Balaban J connectivity index is 2.01. The Morgan fingerprint density at radius 2 is 1.36 bits per heavy atom. The smallest absolute Gasteiger partial charge is 0.337 e. The van der Waals surface area contributed by atoms with E-state index in [2.05, 4.69) is 10.6 Å². The van der Waals surface area contributed by atoms with E-state index in [1.165, 1.54) is 12.1 Å². The lowest BCUT2D eigenvalue weighted by molar-refractivity contribution is -0.120. The van der Waals surface area contributed by atoms with Crippen LogP contribution in [0.25, 0.3) is 0 Å². The lowest BCUT2D eigenvalue weighted by Crippen LogP contribution is -2.06. The number of hydrogen-bond acceptors (Lipinski definition) is 5. The molecule has 0 unspecified atom stereocenters. The predicted molar refractivity (Wildman–Crippen MR) is 109 cm³/mol. The summed E-state index contributed by atoms with van der Waals surface area (Å²) in [4.78, 5) is 22.8. The van der Waals surface area contributed by atoms with Crippen molar-refractivity contribution in [3.05, 3.63) is 77.4 Å². The third-order valence-electron chi connectivity index (χ3n) is 4.19. The maximum atomic E-state index is 11.8. The summed E-state index contributed by atoms with van der Waals surface area (Å²) in [5, 5.41) is 15.8. The van der Waals surface area contributed by atoms with Crippen LogP contribution < -0.4 is 15.4 Å². The summed E-state index contributed by atoms with van der Waals surface area (Å²) in [6, 6.07) is 18.0. The van der Waals surface area contributed by atoms with Crippen LogP contribution in [0.3, 0.4) is 0 Å². The van der Waals surface area contributed by atoms with Gasteiger partial charge < -0.3 is 20.5 Å². The van der Waals surface area contributed by atoms with Crippen molar-refractivity contribution < 1.29 is 19.4 Å². The SMILES string of the molecule is Cc1ccc(Nc2cc(C(=O)O)c(Nc3ccc(C)cc3)cc2OC=O)cc1. The average molecular weight is 376 g/mol. The van der Waals surface area contributed by atoms with Gasteiger partial charge in [0.25, 0.3) is 6.47 Å². The maximum Gasteiger partial charge on any atom is 0.337 e. The van der Waals surface area contributed by atoms with Crippen molar-refractivity contribution in [1.82, 2.24) is 0 Å². The van der Waals surface area contributed by atoms with Gasteiger partial charge in [-0.15, -0.1) is 0 Å². The number of rotatable bonds is 7. The van der Waals surface area contributed by atoms with Gasteiger partial charge in [-0.1, -0.05) is 35.4 Å². The quantitative estimate of drug-likeness (QED) is 0.502. The van der Waals surface area contributed by atoms with Crippen molar-refractivity contribution in [3.63, 3.8) is 0 Å². The number of carboxylic acid groups (broad SMARTS) is 1. The molecule has 0 saturated carbocycles. The topological polar surface area (TPSA) is 87.7 Å². The average Bonchev–Trinajstić information content (AvgIpc) is 2.67. The van der Waals surface area contributed by atoms with E-state index in [0.29, 0.717) is 17.8 Å². The molecule has 0 spiro atoms. The Morgan fingerprint density at radius 3 is 1.82 bits per heavy atom. The normalized spacial score (nSPS) is 10.2. The second-order valence-corrected chi connectivity index (χ2v) is 6.40. The number of benzene rings is 3. The largest absolute Gasteiger partial charge is 0.478 e. The fraction of sp³-hybridized carbons (Fsp3) is 0.0909. The van der Waals surface area contributed by atoms with E-state index >= 15 is 0 Å². The number of anilines is 4. The molecule has 0 bridgehead atoms. The van der Waals surface area contributed by atoms with Crippen molar-refractivity contribution in [2.45, 2.75) is 13.8 Å². The number of carboxylic acids is 1. The fourth-order valence-electron chi connectivity index (χ4n) is 2.69. The molecule has 3 rings (SSSR count). The summed E-state index contributed by atoms with van der Waals surface area (Å²) < 4.78 is 5.09. The van der Waals surface area contributed by atoms with Crippen LogP contribution in [0.4, 0.5) is 22.7 Å². The third kappa shape index (κ3) is 4.48. The summed E-state index contributed by atoms with van der Waals surface area (Å²) in [6.07, 6.45) is 0. The highest BCUT2D eigenvalue weighted by atomic mass is 16.5. The molecule has 142 valence electrons. The molecule has 0 amide bonds. The first-order valence-electron chi connectivity index (χ1n) is 8.65. The minimum atomic E-state index is -1.10. The van der Waals surface area contributed by atoms with Crippen LogP contribution in [0.15, 0.2) is 60.7 Å². The summed E-state index contributed by atoms with van der Waals surface area (Å²) in [5.41, 5.74) is 4.41. The maximum absolute atomic E-state index is 11.8. The van der Waals surface area contributed by atoms with Gasteiger partial charge in [0.15, 0.2) is 5.75 Å². The number of carbonyl (C=O) groups is 2. The Kier molecular flexibility index (Phi) is 5.60. The monoisotopic (exact) mass is 376 g/mol. The van der Waals surface area contributed by atoms with Crippen molar-refractivity contribution in [3.8, 4) is 5.75 Å². The second kappa shape index (κ2) is 8.26. The standard InChI is InChI=1S/C22H20N2O4/c1-14-3-7-16(8-4-14)23-19-12-21(28-13-25)20(11-18(19)22(26)27)24-17-9-5-15(2)6-10-17/h3-13,23-24H,1-2H3,(H,26,27). The summed E-state index contributed by atoms with van der Waals surface area (Å²) in [5.74, 6) is -0.880. The van der Waals surface area contributed by atoms with E-state index in [-0.39, 0.29) is 11.3 Å². The third-order valence-corrected chi connectivity index (χ3v) is 4.19. The zero-order valence-electron chi connectivity index (χ0n) is 15.5. The Bertz CT molecular complexity index is 996. The van der Waals surface area contributed by atoms with E-state index in [1.807, 2.05) is 62.4 Å². The number of nitrogens with one attached hydrogen (secondary N) is 2. The lowest BCUT2D eigenvalue weighted by Gasteiger charge is -2.16. The van der Waals surface area contributed by atoms with Crippen LogP contribution in [0.5, 0.6) is 5.75 Å². The van der Waals surface area contributed by atoms with E-state index in [0.717, 1.165) is 22.5 Å². The van der Waals surface area contributed by atoms with Crippen LogP contribution in [-0.2, 0) is 4.79 Å². The molecular weight excluding hydrogens is 356 g/mol. The van der Waals surface area contributed by atoms with Crippen molar-refractivity contribution in [2.24, 2.45) is 0 Å². The van der Waals surface area contributed by atoms with E-state index in [1.54, 1.807) is 0 Å². The lowest BCUT2D eigenvalue weighted by atomic mass is 10.1. The van der Waals surface area contributed by atoms with Gasteiger partial charge in [-0.3, -0.25) is 4.79 Å². The van der Waals surface area contributed by atoms with Crippen molar-refractivity contribution >= 4 is 35.2 Å². The van der Waals surface area contributed by atoms with Crippen LogP contribution >= 0.6 is 0 Å². The van der Waals surface area contributed by atoms with Gasteiger partial charge in [0.1, 0.15) is 0 Å². The van der Waals surface area contributed by atoms with Gasteiger partial charge in [-0.05, 0) is 44.2 Å². The van der Waals surface area contributed by atoms with Gasteiger partial charge >= 0.3 is 5.97 Å². The van der Waals surface area contributed by atoms with Crippen LogP contribution in [0, 0.1) is 13.8 Å². The predicted octanol–water partition coefficient (Wildman–Crippen LogP) is 5.02. The number of aryl methyl sites for hydroxylation is 2. The summed E-state index contributed by atoms with van der Waals surface area (Å²) >= 11 is 0. The molecule has 3 aromatic carbocycles. The van der Waals surface area contributed by atoms with Gasteiger partial charge in [0.2, 0.25) is 0 Å². The molecule has 0 aliphatic heterocycles. The van der Waals surface area contributed by atoms with E-state index in [9.17, 15) is 14.7 Å². The van der Waals surface area contributed by atoms with Crippen LogP contribution in [-0.4, -0.2) is 17.5 Å². The van der Waals surface area contributed by atoms with E-state index in [4.69, 9.17) is 4.74 Å². The molecule has 0 aliphatic rings. The Hall–Kier alpha value is -3.80. The first kappa shape index (κ1) is 19.0. The highest BCUT2D eigenvalue weighted by Crippen LogP contribution is 2.35. The van der Waals surface area contributed by atoms with Crippen molar-refractivity contribution in [2.75, 3.05) is 10.6 Å². The minimum absolute atomic E-state index is 0.0495. The van der Waals surface area contributed by atoms with Gasteiger partial charge in [0, 0.05) is 17.4 Å². The zero-order valence-corrected chi connectivity index (χ0v) is 15.5. The number of carbonyl (C=O) groups excluding carboxylic acids is 1. The summed E-state index contributed by atoms with van der Waals surface area (Å²) in [7, 11) is 0. The van der Waals surface area contributed by atoms with Crippen molar-refractivity contribution in [1.29, 1.82) is 0 Å². The highest BCUT2D eigenvalue weighted by molar-refractivity contribution is 5.98. The number of ether oxygens (including phenoxy) is 1. The fourth-order valence-corrected chi connectivity index (χ4v) is 2.69. The van der Waals surface area contributed by atoms with Gasteiger partial charge in [-0.25, -0.2) is 4.79 Å². The molecule has 0 fully saturated rings. The minimum Gasteiger partial charge on any atom is -0.478 e. The molecule has 0 atom stereocenters. The van der Waals surface area contributed by atoms with Crippen LogP contribution in [0.1, 0.15) is 21.5 Å². The summed E-state index contributed by atoms with van der Waals surface area (Å²) in [6.45, 7) is 4.25. The molecule has 3 aromatic rings. The molecule has 6 heteroatoms. The Morgan fingerprint density at radius 1 is 0.857 bits per heavy atom. The molecule has 0 radical (unpaired) electrons. The number of hydrogen-bond donors (Lipinski definition) is 3. The van der Waals surface area contributed by atoms with E-state index < -0.39 is 5.97 Å².